The number of aryl methyl sites for hydroxylation is 1. The molecule has 0 saturated heterocycles. The van der Waals surface area contributed by atoms with Gasteiger partial charge in [0.15, 0.2) is 0 Å². The van der Waals surface area contributed by atoms with E-state index in [-0.39, 0.29) is 24.8 Å². The average Bonchev–Trinajstić information content (AvgIpc) is 2.70. The number of para-hydroxylation sites is 2. The van der Waals surface area contributed by atoms with E-state index < -0.39 is 0 Å². The van der Waals surface area contributed by atoms with Gasteiger partial charge in [-0.2, -0.15) is 0 Å². The second-order valence-corrected chi connectivity index (χ2v) is 6.47. The molecule has 5 nitrogen and oxygen atoms in total. The molecule has 1 N–H and O–H groups in total. The number of ether oxygens (including phenoxy) is 1. The summed E-state index contributed by atoms with van der Waals surface area (Å²) in [5.41, 5.74) is 2.31. The number of fused-ring (bicyclic) bond motifs is 1. The first kappa shape index (κ1) is 16.5. The van der Waals surface area contributed by atoms with E-state index in [0.717, 1.165) is 15.7 Å². The van der Waals surface area contributed by atoms with Gasteiger partial charge in [0, 0.05) is 10.2 Å². The molecule has 6 heteroatoms. The van der Waals surface area contributed by atoms with Crippen LogP contribution in [0.15, 0.2) is 46.9 Å². The predicted molar refractivity (Wildman–Crippen MR) is 96.4 cm³/mol. The topological polar surface area (TPSA) is 58.6 Å². The molecule has 0 atom stereocenters. The maximum Gasteiger partial charge on any atom is 0.244 e. The summed E-state index contributed by atoms with van der Waals surface area (Å²) in [7, 11) is 0. The average molecular weight is 389 g/mol. The number of nitrogens with one attached hydrogen (secondary N) is 1. The van der Waals surface area contributed by atoms with E-state index in [1.807, 2.05) is 37.3 Å². The number of benzene rings is 2. The van der Waals surface area contributed by atoms with E-state index >= 15 is 0 Å². The van der Waals surface area contributed by atoms with Crippen molar-refractivity contribution in [2.24, 2.45) is 0 Å². The van der Waals surface area contributed by atoms with Crippen LogP contribution in [0.5, 0.6) is 5.75 Å². The molecule has 0 aromatic heterocycles. The van der Waals surface area contributed by atoms with Gasteiger partial charge in [0.05, 0.1) is 18.7 Å². The molecule has 0 fully saturated rings. The Kier molecular flexibility index (Phi) is 4.85. The van der Waals surface area contributed by atoms with E-state index in [2.05, 4.69) is 21.2 Å². The second-order valence-electron chi connectivity index (χ2n) is 5.55. The number of carbonyl (C=O) groups is 2. The Balaban J connectivity index is 1.79. The van der Waals surface area contributed by atoms with E-state index in [4.69, 9.17) is 4.74 Å². The summed E-state index contributed by atoms with van der Waals surface area (Å²) in [4.78, 5) is 26.2. The first-order valence-electron chi connectivity index (χ1n) is 7.63. The molecule has 0 aliphatic carbocycles. The van der Waals surface area contributed by atoms with Crippen LogP contribution in [0.4, 0.5) is 11.4 Å². The molecule has 1 aliphatic heterocycles. The Morgan fingerprint density at radius 1 is 1.29 bits per heavy atom. The number of nitrogens with zero attached hydrogens (tertiary/aromatic N) is 1. The molecule has 0 radical (unpaired) electrons. The van der Waals surface area contributed by atoms with Gasteiger partial charge in [-0.3, -0.25) is 14.5 Å². The lowest BCUT2D eigenvalue weighted by Crippen LogP contribution is -2.37. The summed E-state index contributed by atoms with van der Waals surface area (Å²) in [5.74, 6) is 0.254. The number of hydrogen-bond acceptors (Lipinski definition) is 3. The molecule has 0 saturated carbocycles. The van der Waals surface area contributed by atoms with Crippen molar-refractivity contribution in [1.82, 2.24) is 0 Å². The first-order valence-corrected chi connectivity index (χ1v) is 8.42. The van der Waals surface area contributed by atoms with Crippen LogP contribution in [0.25, 0.3) is 0 Å². The summed E-state index contributed by atoms with van der Waals surface area (Å²) in [5, 5.41) is 2.86. The summed E-state index contributed by atoms with van der Waals surface area (Å²) in [6.07, 6.45) is 0.249. The van der Waals surface area contributed by atoms with Crippen LogP contribution in [-0.2, 0) is 9.59 Å². The highest BCUT2D eigenvalue weighted by Crippen LogP contribution is 2.31. The van der Waals surface area contributed by atoms with E-state index in [0.29, 0.717) is 18.0 Å². The van der Waals surface area contributed by atoms with Gasteiger partial charge in [-0.25, -0.2) is 0 Å². The van der Waals surface area contributed by atoms with Crippen molar-refractivity contribution in [2.75, 3.05) is 23.4 Å². The Bertz CT molecular complexity index is 792. The van der Waals surface area contributed by atoms with Gasteiger partial charge in [-0.05, 0) is 42.8 Å². The fraction of sp³-hybridized carbons (Fsp3) is 0.222. The SMILES string of the molecule is Cc1cc(Br)ccc1NC(=O)CN1C(=O)CCOc2ccccc21. The zero-order valence-corrected chi connectivity index (χ0v) is 14.8. The Hall–Kier alpha value is -2.34. The van der Waals surface area contributed by atoms with Crippen molar-refractivity contribution in [2.45, 2.75) is 13.3 Å². The van der Waals surface area contributed by atoms with Gasteiger partial charge < -0.3 is 10.1 Å². The molecule has 1 heterocycles. The number of halogens is 1. The molecule has 0 bridgehead atoms. The third-order valence-electron chi connectivity index (χ3n) is 3.79. The standard InChI is InChI=1S/C18H17BrN2O3/c1-12-10-13(19)6-7-14(12)20-17(22)11-21-15-4-2-3-5-16(15)24-9-8-18(21)23/h2-7,10H,8-9,11H2,1H3,(H,20,22). The lowest BCUT2D eigenvalue weighted by Gasteiger charge is -2.21. The number of carbonyl (C=O) groups excluding carboxylic acids is 2. The van der Waals surface area contributed by atoms with Gasteiger partial charge in [-0.1, -0.05) is 28.1 Å². The van der Waals surface area contributed by atoms with Gasteiger partial charge in [0.1, 0.15) is 12.3 Å². The highest BCUT2D eigenvalue weighted by atomic mass is 79.9. The quantitative estimate of drug-likeness (QED) is 0.874. The molecule has 124 valence electrons. The van der Waals surface area contributed by atoms with Crippen LogP contribution in [0, 0.1) is 6.92 Å². The van der Waals surface area contributed by atoms with Crippen LogP contribution < -0.4 is 15.0 Å². The molecule has 24 heavy (non-hydrogen) atoms. The summed E-state index contributed by atoms with van der Waals surface area (Å²) < 4.78 is 6.53. The van der Waals surface area contributed by atoms with Crippen molar-refractivity contribution in [3.05, 3.63) is 52.5 Å². The summed E-state index contributed by atoms with van der Waals surface area (Å²) in [6.45, 7) is 2.19. The van der Waals surface area contributed by atoms with Crippen LogP contribution in [0.1, 0.15) is 12.0 Å². The van der Waals surface area contributed by atoms with E-state index in [9.17, 15) is 9.59 Å². The summed E-state index contributed by atoms with van der Waals surface area (Å²) in [6, 6.07) is 12.9. The molecule has 0 unspecified atom stereocenters. The number of anilines is 2. The number of rotatable bonds is 3. The minimum Gasteiger partial charge on any atom is -0.491 e. The fourth-order valence-corrected chi connectivity index (χ4v) is 3.07. The molecule has 2 aromatic rings. The van der Waals surface area contributed by atoms with E-state index in [1.165, 1.54) is 4.90 Å². The monoisotopic (exact) mass is 388 g/mol. The maximum absolute atomic E-state index is 12.4. The van der Waals surface area contributed by atoms with Crippen molar-refractivity contribution in [1.29, 1.82) is 0 Å². The molecule has 2 amide bonds. The van der Waals surface area contributed by atoms with Crippen molar-refractivity contribution in [3.63, 3.8) is 0 Å². The fourth-order valence-electron chi connectivity index (χ4n) is 2.59. The number of amides is 2. The predicted octanol–water partition coefficient (Wildman–Crippen LogP) is 3.51. The molecule has 1 aliphatic rings. The normalized spacial score (nSPS) is 13.8. The summed E-state index contributed by atoms with van der Waals surface area (Å²) >= 11 is 3.40. The molecule has 0 spiro atoms. The number of hydrogen-bond donors (Lipinski definition) is 1. The van der Waals surface area contributed by atoms with Crippen LogP contribution in [-0.4, -0.2) is 25.0 Å². The highest BCUT2D eigenvalue weighted by Gasteiger charge is 2.25. The smallest absolute Gasteiger partial charge is 0.244 e. The van der Waals surface area contributed by atoms with E-state index in [1.54, 1.807) is 12.1 Å². The van der Waals surface area contributed by atoms with Gasteiger partial charge in [-0.15, -0.1) is 0 Å². The zero-order valence-electron chi connectivity index (χ0n) is 13.2. The van der Waals surface area contributed by atoms with Crippen molar-refractivity contribution in [3.8, 4) is 5.75 Å². The van der Waals surface area contributed by atoms with Gasteiger partial charge in [0.2, 0.25) is 11.8 Å². The molecular weight excluding hydrogens is 372 g/mol. The lowest BCUT2D eigenvalue weighted by molar-refractivity contribution is -0.121. The lowest BCUT2D eigenvalue weighted by atomic mass is 10.2. The third kappa shape index (κ3) is 3.59. The van der Waals surface area contributed by atoms with Crippen molar-refractivity contribution >= 4 is 39.1 Å². The Labute approximate surface area is 148 Å². The van der Waals surface area contributed by atoms with Crippen molar-refractivity contribution < 1.29 is 14.3 Å². The second kappa shape index (κ2) is 7.05. The molecule has 3 rings (SSSR count). The van der Waals surface area contributed by atoms with Crippen LogP contribution >= 0.6 is 15.9 Å². The Morgan fingerprint density at radius 3 is 2.88 bits per heavy atom. The highest BCUT2D eigenvalue weighted by molar-refractivity contribution is 9.10. The largest absolute Gasteiger partial charge is 0.491 e. The Morgan fingerprint density at radius 2 is 2.08 bits per heavy atom. The van der Waals surface area contributed by atoms with Gasteiger partial charge >= 0.3 is 0 Å². The molecular formula is C18H17BrN2O3. The van der Waals surface area contributed by atoms with Gasteiger partial charge in [0.25, 0.3) is 0 Å². The minimum absolute atomic E-state index is 0.0469. The maximum atomic E-state index is 12.4. The minimum atomic E-state index is -0.245. The van der Waals surface area contributed by atoms with Crippen LogP contribution in [0.2, 0.25) is 0 Å². The molecule has 2 aromatic carbocycles. The first-order chi connectivity index (χ1) is 11.5. The zero-order chi connectivity index (χ0) is 17.1. The third-order valence-corrected chi connectivity index (χ3v) is 4.29. The van der Waals surface area contributed by atoms with Crippen LogP contribution in [0.3, 0.4) is 0 Å².